The van der Waals surface area contributed by atoms with Crippen molar-refractivity contribution in [1.29, 1.82) is 0 Å². The quantitative estimate of drug-likeness (QED) is 0.253. The molecule has 2 unspecified atom stereocenters. The van der Waals surface area contributed by atoms with Crippen LogP contribution in [0.15, 0.2) is 30.3 Å². The van der Waals surface area contributed by atoms with Crippen molar-refractivity contribution < 1.29 is 34.0 Å². The summed E-state index contributed by atoms with van der Waals surface area (Å²) in [6.07, 6.45) is -0.337. The van der Waals surface area contributed by atoms with Gasteiger partial charge in [-0.2, -0.15) is 9.61 Å². The smallest absolute Gasteiger partial charge is 0.340 e. The standard InChI is InChI=1S/C33H47N5O7/c1-8-43-31(42)28(45-32(4,5)6)27-21(3)35-26-19-24(29(41)34-20-23(39)18-22-12-10-11-13-25(22)40)36-38(26)30(27)37-16-14-33(7,15-17-37)44-9-2/h10-13,19,23,28,39-40H,8-9,14-18,20H2,1-7H3,(H,34,41). The van der Waals surface area contributed by atoms with Gasteiger partial charge in [-0.1, -0.05) is 18.2 Å². The number of phenols is 1. The molecule has 3 heterocycles. The third-order valence-electron chi connectivity index (χ3n) is 7.83. The second-order valence-corrected chi connectivity index (χ2v) is 12.7. The van der Waals surface area contributed by atoms with Crippen LogP contribution >= 0.6 is 0 Å². The van der Waals surface area contributed by atoms with Crippen molar-refractivity contribution in [1.82, 2.24) is 19.9 Å². The summed E-state index contributed by atoms with van der Waals surface area (Å²) in [5.74, 6) is -0.323. The van der Waals surface area contributed by atoms with E-state index in [1.54, 1.807) is 41.8 Å². The number of carbonyl (C=O) groups is 2. The number of para-hydroxylation sites is 1. The number of aromatic nitrogens is 3. The summed E-state index contributed by atoms with van der Waals surface area (Å²) in [4.78, 5) is 33.6. The molecule has 4 rings (SSSR count). The number of aromatic hydroxyl groups is 1. The minimum Gasteiger partial charge on any atom is -0.508 e. The molecule has 0 saturated carbocycles. The van der Waals surface area contributed by atoms with Gasteiger partial charge in [-0.15, -0.1) is 0 Å². The molecule has 12 heteroatoms. The molecule has 1 aliphatic rings. The number of carbonyl (C=O) groups excluding carboxylic acids is 2. The molecule has 2 aromatic heterocycles. The van der Waals surface area contributed by atoms with Crippen LogP contribution < -0.4 is 10.2 Å². The number of fused-ring (bicyclic) bond motifs is 1. The Kier molecular flexibility index (Phi) is 10.7. The first-order chi connectivity index (χ1) is 21.2. The van der Waals surface area contributed by atoms with Crippen LogP contribution in [0.2, 0.25) is 0 Å². The van der Waals surface area contributed by atoms with E-state index in [1.165, 1.54) is 0 Å². The second kappa shape index (κ2) is 14.1. The maximum Gasteiger partial charge on any atom is 0.340 e. The SMILES string of the molecule is CCOC(=O)C(OC(C)(C)C)c1c(C)nc2cc(C(=O)NCC(O)Cc3ccccc3O)nn2c1N1CCC(C)(OCC)CC1. The molecule has 0 spiro atoms. The molecule has 1 fully saturated rings. The van der Waals surface area contributed by atoms with E-state index in [9.17, 15) is 19.8 Å². The Hall–Kier alpha value is -3.74. The monoisotopic (exact) mass is 625 g/mol. The van der Waals surface area contributed by atoms with Crippen LogP contribution in [0.25, 0.3) is 5.65 Å². The maximum atomic E-state index is 13.4. The van der Waals surface area contributed by atoms with Crippen LogP contribution in [0.4, 0.5) is 5.82 Å². The van der Waals surface area contributed by atoms with Crippen molar-refractivity contribution in [3.63, 3.8) is 0 Å². The Bertz CT molecular complexity index is 1490. The molecule has 3 N–H and O–H groups in total. The maximum absolute atomic E-state index is 13.4. The predicted molar refractivity (Wildman–Crippen MR) is 170 cm³/mol. The fourth-order valence-electron chi connectivity index (χ4n) is 5.63. The highest BCUT2D eigenvalue weighted by atomic mass is 16.6. The predicted octanol–water partition coefficient (Wildman–Crippen LogP) is 3.89. The van der Waals surface area contributed by atoms with Gasteiger partial charge < -0.3 is 34.6 Å². The van der Waals surface area contributed by atoms with E-state index in [0.717, 1.165) is 12.8 Å². The molecule has 246 valence electrons. The first-order valence-corrected chi connectivity index (χ1v) is 15.6. The lowest BCUT2D eigenvalue weighted by Gasteiger charge is -2.41. The second-order valence-electron chi connectivity index (χ2n) is 12.7. The highest BCUT2D eigenvalue weighted by Gasteiger charge is 2.38. The molecular formula is C33H47N5O7. The number of ether oxygens (including phenoxy) is 3. The van der Waals surface area contributed by atoms with E-state index >= 15 is 0 Å². The first-order valence-electron chi connectivity index (χ1n) is 15.6. The van der Waals surface area contributed by atoms with E-state index in [4.69, 9.17) is 19.2 Å². The zero-order valence-corrected chi connectivity index (χ0v) is 27.4. The van der Waals surface area contributed by atoms with Crippen LogP contribution in [-0.2, 0) is 25.4 Å². The lowest BCUT2D eigenvalue weighted by atomic mass is 9.92. The molecular weight excluding hydrogens is 578 g/mol. The van der Waals surface area contributed by atoms with Gasteiger partial charge >= 0.3 is 5.97 Å². The summed E-state index contributed by atoms with van der Waals surface area (Å²) in [6, 6.07) is 8.34. The van der Waals surface area contributed by atoms with Crippen molar-refractivity contribution in [2.75, 3.05) is 37.7 Å². The Balaban J connectivity index is 1.71. The van der Waals surface area contributed by atoms with E-state index in [-0.39, 0.29) is 36.6 Å². The van der Waals surface area contributed by atoms with Crippen molar-refractivity contribution in [3.05, 3.63) is 52.8 Å². The average Bonchev–Trinajstić information content (AvgIpc) is 3.39. The van der Waals surface area contributed by atoms with Crippen LogP contribution in [0, 0.1) is 6.92 Å². The van der Waals surface area contributed by atoms with Crippen LogP contribution in [0.3, 0.4) is 0 Å². The van der Waals surface area contributed by atoms with Gasteiger partial charge in [-0.25, -0.2) is 9.78 Å². The Morgan fingerprint density at radius 3 is 2.44 bits per heavy atom. The topological polar surface area (TPSA) is 148 Å². The number of nitrogens with one attached hydrogen (secondary N) is 1. The number of aliphatic hydroxyl groups excluding tert-OH is 1. The number of nitrogens with zero attached hydrogens (tertiary/aromatic N) is 4. The number of hydrogen-bond donors (Lipinski definition) is 3. The summed E-state index contributed by atoms with van der Waals surface area (Å²) in [6.45, 7) is 15.3. The van der Waals surface area contributed by atoms with Gasteiger partial charge in [-0.05, 0) is 72.9 Å². The van der Waals surface area contributed by atoms with Crippen LogP contribution in [0.5, 0.6) is 5.75 Å². The van der Waals surface area contributed by atoms with Gasteiger partial charge in [0.25, 0.3) is 5.91 Å². The Labute approximate surface area is 264 Å². The van der Waals surface area contributed by atoms with E-state index < -0.39 is 29.7 Å². The molecule has 1 aromatic carbocycles. The van der Waals surface area contributed by atoms with Gasteiger partial charge in [0, 0.05) is 44.4 Å². The van der Waals surface area contributed by atoms with Gasteiger partial charge in [-0.3, -0.25) is 4.79 Å². The molecule has 45 heavy (non-hydrogen) atoms. The number of benzene rings is 1. The van der Waals surface area contributed by atoms with Crippen molar-refractivity contribution >= 4 is 23.3 Å². The van der Waals surface area contributed by atoms with E-state index in [2.05, 4.69) is 22.2 Å². The summed E-state index contributed by atoms with van der Waals surface area (Å²) >= 11 is 0. The lowest BCUT2D eigenvalue weighted by Crippen LogP contribution is -2.45. The van der Waals surface area contributed by atoms with Gasteiger partial charge in [0.15, 0.2) is 17.4 Å². The number of esters is 1. The largest absolute Gasteiger partial charge is 0.508 e. The van der Waals surface area contributed by atoms with Crippen LogP contribution in [0.1, 0.15) is 87.8 Å². The number of amides is 1. The van der Waals surface area contributed by atoms with Crippen molar-refractivity contribution in [2.24, 2.45) is 0 Å². The first kappa shape index (κ1) is 34.1. The Morgan fingerprint density at radius 2 is 1.82 bits per heavy atom. The van der Waals surface area contributed by atoms with Gasteiger partial charge in [0.1, 0.15) is 11.6 Å². The average molecular weight is 626 g/mol. The van der Waals surface area contributed by atoms with E-state index in [1.807, 2.05) is 34.6 Å². The van der Waals surface area contributed by atoms with Crippen LogP contribution in [-0.4, -0.2) is 86.8 Å². The number of aliphatic hydroxyl groups is 1. The zero-order chi connectivity index (χ0) is 32.9. The number of rotatable bonds is 12. The molecule has 2 atom stereocenters. The number of piperidine rings is 1. The summed E-state index contributed by atoms with van der Waals surface area (Å²) in [5, 5.41) is 28.0. The Morgan fingerprint density at radius 1 is 1.13 bits per heavy atom. The highest BCUT2D eigenvalue weighted by molar-refractivity contribution is 5.93. The molecule has 1 saturated heterocycles. The number of phenolic OH excluding ortho intramolecular Hbond substituents is 1. The molecule has 0 radical (unpaired) electrons. The molecule has 1 aliphatic heterocycles. The molecule has 3 aromatic rings. The fraction of sp³-hybridized carbons (Fsp3) is 0.576. The van der Waals surface area contributed by atoms with Gasteiger partial charge in [0.2, 0.25) is 0 Å². The lowest BCUT2D eigenvalue weighted by molar-refractivity contribution is -0.166. The third-order valence-corrected chi connectivity index (χ3v) is 7.83. The zero-order valence-electron chi connectivity index (χ0n) is 27.4. The molecule has 0 bridgehead atoms. The number of anilines is 1. The molecule has 1 amide bonds. The third kappa shape index (κ3) is 8.30. The fourth-order valence-corrected chi connectivity index (χ4v) is 5.63. The minimum atomic E-state index is -1.08. The number of aryl methyl sites for hydroxylation is 1. The van der Waals surface area contributed by atoms with E-state index in [0.29, 0.717) is 48.0 Å². The number of hydrogen-bond acceptors (Lipinski definition) is 10. The molecule has 0 aliphatic carbocycles. The highest BCUT2D eigenvalue weighted by Crippen LogP contribution is 2.38. The summed E-state index contributed by atoms with van der Waals surface area (Å²) in [7, 11) is 0. The van der Waals surface area contributed by atoms with Crippen molar-refractivity contribution in [2.45, 2.75) is 91.1 Å². The van der Waals surface area contributed by atoms with Gasteiger partial charge in [0.05, 0.1) is 29.5 Å². The normalized spacial score (nSPS) is 16.4. The summed E-state index contributed by atoms with van der Waals surface area (Å²) in [5.41, 5.74) is 1.25. The van der Waals surface area contributed by atoms with Crippen molar-refractivity contribution in [3.8, 4) is 5.75 Å². The minimum absolute atomic E-state index is 0.0436. The molecule has 12 nitrogen and oxygen atoms in total. The summed E-state index contributed by atoms with van der Waals surface area (Å²) < 4.78 is 19.4.